The van der Waals surface area contributed by atoms with Gasteiger partial charge in [-0.3, -0.25) is 4.79 Å². The van der Waals surface area contributed by atoms with Crippen LogP contribution in [-0.2, 0) is 0 Å². The molecule has 0 bridgehead atoms. The summed E-state index contributed by atoms with van der Waals surface area (Å²) in [6.45, 7) is 1.98. The van der Waals surface area contributed by atoms with Gasteiger partial charge in [0.2, 0.25) is 0 Å². The van der Waals surface area contributed by atoms with Crippen LogP contribution in [0.5, 0.6) is 0 Å². The zero-order valence-electron chi connectivity index (χ0n) is 10.6. The topological polar surface area (TPSA) is 55.1 Å². The normalized spacial score (nSPS) is 23.7. The molecule has 1 aromatic carbocycles. The Morgan fingerprint density at radius 2 is 2.11 bits per heavy atom. The summed E-state index contributed by atoms with van der Waals surface area (Å²) in [7, 11) is 0. The van der Waals surface area contributed by atoms with Gasteiger partial charge in [-0.2, -0.15) is 0 Å². The molecular formula is C14H19BrN2O. The Morgan fingerprint density at radius 3 is 2.83 bits per heavy atom. The summed E-state index contributed by atoms with van der Waals surface area (Å²) in [6.07, 6.45) is 4.30. The Morgan fingerprint density at radius 1 is 1.39 bits per heavy atom. The van der Waals surface area contributed by atoms with E-state index in [-0.39, 0.29) is 18.0 Å². The molecule has 3 nitrogen and oxygen atoms in total. The van der Waals surface area contributed by atoms with E-state index in [0.717, 1.165) is 29.3 Å². The number of halogens is 1. The number of rotatable bonds is 2. The molecular weight excluding hydrogens is 292 g/mol. The van der Waals surface area contributed by atoms with Crippen molar-refractivity contribution in [2.75, 3.05) is 0 Å². The molecule has 0 saturated heterocycles. The third-order valence-corrected chi connectivity index (χ3v) is 4.19. The van der Waals surface area contributed by atoms with E-state index in [9.17, 15) is 4.79 Å². The number of aryl methyl sites for hydroxylation is 1. The first kappa shape index (κ1) is 13.6. The molecule has 0 spiro atoms. The minimum Gasteiger partial charge on any atom is -0.348 e. The predicted molar refractivity (Wildman–Crippen MR) is 76.6 cm³/mol. The van der Waals surface area contributed by atoms with E-state index in [1.165, 1.54) is 6.42 Å². The molecule has 0 heterocycles. The molecule has 98 valence electrons. The summed E-state index contributed by atoms with van der Waals surface area (Å²) >= 11 is 3.42. The van der Waals surface area contributed by atoms with Gasteiger partial charge in [0.05, 0.1) is 5.56 Å². The second-order valence-electron chi connectivity index (χ2n) is 5.01. The molecule has 0 aromatic heterocycles. The Balaban J connectivity index is 2.09. The van der Waals surface area contributed by atoms with E-state index in [4.69, 9.17) is 5.73 Å². The van der Waals surface area contributed by atoms with Gasteiger partial charge in [0.25, 0.3) is 5.91 Å². The second kappa shape index (κ2) is 5.85. The summed E-state index contributed by atoms with van der Waals surface area (Å²) in [4.78, 5) is 12.2. The van der Waals surface area contributed by atoms with E-state index in [1.807, 2.05) is 25.1 Å². The molecule has 18 heavy (non-hydrogen) atoms. The molecule has 1 amide bonds. The van der Waals surface area contributed by atoms with E-state index < -0.39 is 0 Å². The van der Waals surface area contributed by atoms with Crippen molar-refractivity contribution < 1.29 is 4.79 Å². The van der Waals surface area contributed by atoms with Gasteiger partial charge in [-0.25, -0.2) is 0 Å². The van der Waals surface area contributed by atoms with Crippen molar-refractivity contribution in [3.05, 3.63) is 33.8 Å². The summed E-state index contributed by atoms with van der Waals surface area (Å²) in [5, 5.41) is 3.06. The van der Waals surface area contributed by atoms with Crippen molar-refractivity contribution in [2.24, 2.45) is 5.73 Å². The van der Waals surface area contributed by atoms with Crippen LogP contribution in [0.4, 0.5) is 0 Å². The van der Waals surface area contributed by atoms with Gasteiger partial charge < -0.3 is 11.1 Å². The van der Waals surface area contributed by atoms with Crippen LogP contribution < -0.4 is 11.1 Å². The number of hydrogen-bond donors (Lipinski definition) is 2. The lowest BCUT2D eigenvalue weighted by Crippen LogP contribution is -2.49. The lowest BCUT2D eigenvalue weighted by molar-refractivity contribution is 0.0920. The molecule has 2 unspecified atom stereocenters. The van der Waals surface area contributed by atoms with Gasteiger partial charge in [-0.05, 0) is 47.8 Å². The van der Waals surface area contributed by atoms with E-state index >= 15 is 0 Å². The zero-order valence-corrected chi connectivity index (χ0v) is 12.2. The molecule has 3 N–H and O–H groups in total. The van der Waals surface area contributed by atoms with Gasteiger partial charge in [0, 0.05) is 16.6 Å². The number of carbonyl (C=O) groups is 1. The van der Waals surface area contributed by atoms with Crippen molar-refractivity contribution in [1.29, 1.82) is 0 Å². The Kier molecular flexibility index (Phi) is 4.40. The van der Waals surface area contributed by atoms with Crippen molar-refractivity contribution in [2.45, 2.75) is 44.7 Å². The highest BCUT2D eigenvalue weighted by Gasteiger charge is 2.24. The van der Waals surface area contributed by atoms with Crippen molar-refractivity contribution >= 4 is 21.8 Å². The molecule has 0 radical (unpaired) electrons. The average molecular weight is 311 g/mol. The number of hydrogen-bond acceptors (Lipinski definition) is 2. The predicted octanol–water partition coefficient (Wildman–Crippen LogP) is 2.76. The SMILES string of the molecule is Cc1ccc(Br)c(C(=O)NC2CCCCC2N)c1. The van der Waals surface area contributed by atoms with Crippen LogP contribution >= 0.6 is 15.9 Å². The molecule has 2 atom stereocenters. The molecule has 1 aliphatic carbocycles. The third kappa shape index (κ3) is 3.12. The quantitative estimate of drug-likeness (QED) is 0.882. The Labute approximate surface area is 116 Å². The number of benzene rings is 1. The molecule has 1 saturated carbocycles. The summed E-state index contributed by atoms with van der Waals surface area (Å²) in [6, 6.07) is 5.98. The number of nitrogens with one attached hydrogen (secondary N) is 1. The molecule has 2 rings (SSSR count). The van der Waals surface area contributed by atoms with E-state index in [0.29, 0.717) is 5.56 Å². The lowest BCUT2D eigenvalue weighted by atomic mass is 9.91. The molecule has 0 aliphatic heterocycles. The van der Waals surface area contributed by atoms with Crippen LogP contribution in [0.15, 0.2) is 22.7 Å². The lowest BCUT2D eigenvalue weighted by Gasteiger charge is -2.29. The Hall–Kier alpha value is -0.870. The fraction of sp³-hybridized carbons (Fsp3) is 0.500. The maximum absolute atomic E-state index is 12.2. The smallest absolute Gasteiger partial charge is 0.252 e. The largest absolute Gasteiger partial charge is 0.348 e. The van der Waals surface area contributed by atoms with Gasteiger partial charge >= 0.3 is 0 Å². The van der Waals surface area contributed by atoms with Crippen molar-refractivity contribution in [1.82, 2.24) is 5.32 Å². The van der Waals surface area contributed by atoms with Crippen molar-refractivity contribution in [3.63, 3.8) is 0 Å². The number of amides is 1. The molecule has 1 fully saturated rings. The fourth-order valence-corrected chi connectivity index (χ4v) is 2.82. The minimum atomic E-state index is -0.0343. The monoisotopic (exact) mass is 310 g/mol. The maximum atomic E-state index is 12.2. The van der Waals surface area contributed by atoms with Gasteiger partial charge in [0.15, 0.2) is 0 Å². The minimum absolute atomic E-state index is 0.0343. The second-order valence-corrected chi connectivity index (χ2v) is 5.87. The van der Waals surface area contributed by atoms with Crippen LogP contribution in [0.25, 0.3) is 0 Å². The summed E-state index contributed by atoms with van der Waals surface area (Å²) in [5.41, 5.74) is 7.81. The van der Waals surface area contributed by atoms with Crippen LogP contribution in [0, 0.1) is 6.92 Å². The van der Waals surface area contributed by atoms with E-state index in [2.05, 4.69) is 21.2 Å². The van der Waals surface area contributed by atoms with Crippen LogP contribution in [0.3, 0.4) is 0 Å². The molecule has 4 heteroatoms. The third-order valence-electron chi connectivity index (χ3n) is 3.50. The standard InChI is InChI=1S/C14H19BrN2O/c1-9-6-7-11(15)10(8-9)14(18)17-13-5-3-2-4-12(13)16/h6-8,12-13H,2-5,16H2,1H3,(H,17,18). The average Bonchev–Trinajstić information content (AvgIpc) is 2.35. The highest BCUT2D eigenvalue weighted by Crippen LogP contribution is 2.20. The van der Waals surface area contributed by atoms with Crippen molar-refractivity contribution in [3.8, 4) is 0 Å². The van der Waals surface area contributed by atoms with Crippen LogP contribution in [0.2, 0.25) is 0 Å². The molecule has 1 aromatic rings. The number of carbonyl (C=O) groups excluding carboxylic acids is 1. The van der Waals surface area contributed by atoms with Crippen LogP contribution in [-0.4, -0.2) is 18.0 Å². The highest BCUT2D eigenvalue weighted by atomic mass is 79.9. The first-order valence-corrected chi connectivity index (χ1v) is 7.20. The van der Waals surface area contributed by atoms with E-state index in [1.54, 1.807) is 0 Å². The Bertz CT molecular complexity index is 447. The number of nitrogens with two attached hydrogens (primary N) is 1. The van der Waals surface area contributed by atoms with Gasteiger partial charge in [0.1, 0.15) is 0 Å². The fourth-order valence-electron chi connectivity index (χ4n) is 2.40. The highest BCUT2D eigenvalue weighted by molar-refractivity contribution is 9.10. The first-order chi connectivity index (χ1) is 8.58. The summed E-state index contributed by atoms with van der Waals surface area (Å²) in [5.74, 6) is -0.0343. The van der Waals surface area contributed by atoms with Gasteiger partial charge in [-0.1, -0.05) is 24.5 Å². The van der Waals surface area contributed by atoms with Gasteiger partial charge in [-0.15, -0.1) is 0 Å². The first-order valence-electron chi connectivity index (χ1n) is 6.40. The van der Waals surface area contributed by atoms with Crippen LogP contribution in [0.1, 0.15) is 41.6 Å². The zero-order chi connectivity index (χ0) is 13.1. The summed E-state index contributed by atoms with van der Waals surface area (Å²) < 4.78 is 0.829. The molecule has 1 aliphatic rings. The maximum Gasteiger partial charge on any atom is 0.252 e.